The maximum absolute atomic E-state index is 5.61. The number of ether oxygens (including phenoxy) is 1. The summed E-state index contributed by atoms with van der Waals surface area (Å²) < 4.78 is 7.38. The molecule has 4 rings (SSSR count). The smallest absolute Gasteiger partial charge is 0.243 e. The zero-order valence-electron chi connectivity index (χ0n) is 14.0. The van der Waals surface area contributed by atoms with Crippen LogP contribution in [-0.4, -0.2) is 21.7 Å². The monoisotopic (exact) mass is 347 g/mol. The minimum absolute atomic E-state index is 0.647. The Kier molecular flexibility index (Phi) is 4.15. The van der Waals surface area contributed by atoms with E-state index < -0.39 is 0 Å². The van der Waals surface area contributed by atoms with Crippen LogP contribution in [0.25, 0.3) is 16.9 Å². The molecule has 0 saturated heterocycles. The normalized spacial score (nSPS) is 11.0. The topological polar surface area (TPSA) is 39.4 Å². The SMILES string of the molecule is COc1c(-c2ccccc2)nc2ccc(Sc3ccccc3C)nn12. The van der Waals surface area contributed by atoms with E-state index in [1.165, 1.54) is 10.5 Å². The number of rotatable bonds is 4. The molecule has 0 N–H and O–H groups in total. The Hall–Kier alpha value is -2.79. The molecule has 0 unspecified atom stereocenters. The van der Waals surface area contributed by atoms with Gasteiger partial charge in [0.2, 0.25) is 5.88 Å². The quantitative estimate of drug-likeness (QED) is 0.528. The highest BCUT2D eigenvalue weighted by molar-refractivity contribution is 7.99. The van der Waals surface area contributed by atoms with Crippen LogP contribution in [0.4, 0.5) is 0 Å². The molecule has 0 aliphatic rings. The molecule has 0 bridgehead atoms. The molecule has 0 amide bonds. The van der Waals surface area contributed by atoms with Crippen molar-refractivity contribution >= 4 is 17.4 Å². The third-order valence-electron chi connectivity index (χ3n) is 3.96. The van der Waals surface area contributed by atoms with Gasteiger partial charge in [0, 0.05) is 10.5 Å². The Morgan fingerprint density at radius 3 is 2.44 bits per heavy atom. The molecular weight excluding hydrogens is 330 g/mol. The van der Waals surface area contributed by atoms with Gasteiger partial charge >= 0.3 is 0 Å². The standard InChI is InChI=1S/C20H17N3OS/c1-14-8-6-7-11-16(14)25-18-13-12-17-21-19(15-9-4-3-5-10-15)20(24-2)23(17)22-18/h3-13H,1-2H3. The molecule has 0 saturated carbocycles. The van der Waals surface area contributed by atoms with Gasteiger partial charge in [-0.15, -0.1) is 0 Å². The molecule has 0 aliphatic heterocycles. The molecule has 0 fully saturated rings. The lowest BCUT2D eigenvalue weighted by Crippen LogP contribution is -1.97. The van der Waals surface area contributed by atoms with Crippen molar-refractivity contribution in [3.8, 4) is 17.1 Å². The summed E-state index contributed by atoms with van der Waals surface area (Å²) in [6.07, 6.45) is 0. The summed E-state index contributed by atoms with van der Waals surface area (Å²) >= 11 is 1.64. The Labute approximate surface area is 150 Å². The van der Waals surface area contributed by atoms with Gasteiger partial charge in [-0.2, -0.15) is 9.61 Å². The van der Waals surface area contributed by atoms with E-state index in [9.17, 15) is 0 Å². The third-order valence-corrected chi connectivity index (χ3v) is 5.07. The Morgan fingerprint density at radius 1 is 0.920 bits per heavy atom. The van der Waals surface area contributed by atoms with Crippen LogP contribution < -0.4 is 4.74 Å². The van der Waals surface area contributed by atoms with Gasteiger partial charge < -0.3 is 4.74 Å². The molecule has 2 aromatic heterocycles. The summed E-state index contributed by atoms with van der Waals surface area (Å²) in [5.74, 6) is 0.647. The van der Waals surface area contributed by atoms with Crippen molar-refractivity contribution in [3.63, 3.8) is 0 Å². The summed E-state index contributed by atoms with van der Waals surface area (Å²) in [5.41, 5.74) is 3.81. The number of imidazole rings is 1. The van der Waals surface area contributed by atoms with Crippen molar-refractivity contribution in [2.75, 3.05) is 7.11 Å². The highest BCUT2D eigenvalue weighted by Gasteiger charge is 2.16. The van der Waals surface area contributed by atoms with Crippen molar-refractivity contribution in [1.29, 1.82) is 0 Å². The second kappa shape index (κ2) is 6.61. The number of methoxy groups -OCH3 is 1. The predicted molar refractivity (Wildman–Crippen MR) is 100 cm³/mol. The lowest BCUT2D eigenvalue weighted by Gasteiger charge is -2.06. The summed E-state index contributed by atoms with van der Waals surface area (Å²) in [6.45, 7) is 2.10. The van der Waals surface area contributed by atoms with Gasteiger partial charge in [-0.1, -0.05) is 60.3 Å². The summed E-state index contributed by atoms with van der Waals surface area (Å²) in [5, 5.41) is 5.62. The highest BCUT2D eigenvalue weighted by atomic mass is 32.2. The van der Waals surface area contributed by atoms with E-state index in [1.54, 1.807) is 23.4 Å². The van der Waals surface area contributed by atoms with Crippen LogP contribution in [0.2, 0.25) is 0 Å². The summed E-state index contributed by atoms with van der Waals surface area (Å²) in [4.78, 5) is 5.88. The predicted octanol–water partition coefficient (Wildman–Crippen LogP) is 4.86. The van der Waals surface area contributed by atoms with Crippen molar-refractivity contribution in [3.05, 3.63) is 72.3 Å². The Morgan fingerprint density at radius 2 is 1.68 bits per heavy atom. The second-order valence-corrected chi connectivity index (χ2v) is 6.71. The molecule has 0 aliphatic carbocycles. The summed E-state index contributed by atoms with van der Waals surface area (Å²) in [6, 6.07) is 22.3. The van der Waals surface area contributed by atoms with Crippen LogP contribution in [0.3, 0.4) is 0 Å². The van der Waals surface area contributed by atoms with Crippen LogP contribution in [-0.2, 0) is 0 Å². The maximum atomic E-state index is 5.61. The number of aryl methyl sites for hydroxylation is 1. The van der Waals surface area contributed by atoms with Crippen LogP contribution in [0.5, 0.6) is 5.88 Å². The minimum atomic E-state index is 0.647. The van der Waals surface area contributed by atoms with Crippen molar-refractivity contribution < 1.29 is 4.74 Å². The van der Waals surface area contributed by atoms with E-state index >= 15 is 0 Å². The largest absolute Gasteiger partial charge is 0.479 e. The number of benzene rings is 2. The van der Waals surface area contributed by atoms with E-state index in [0.29, 0.717) is 5.88 Å². The fourth-order valence-electron chi connectivity index (χ4n) is 2.70. The lowest BCUT2D eigenvalue weighted by atomic mass is 10.2. The molecule has 4 aromatic rings. The van der Waals surface area contributed by atoms with Gasteiger partial charge in [0.1, 0.15) is 10.7 Å². The first kappa shape index (κ1) is 15.7. The fraction of sp³-hybridized carbons (Fsp3) is 0.100. The zero-order valence-corrected chi connectivity index (χ0v) is 14.8. The van der Waals surface area contributed by atoms with Gasteiger partial charge in [-0.3, -0.25) is 0 Å². The first-order chi connectivity index (χ1) is 12.3. The molecule has 124 valence electrons. The Balaban J connectivity index is 1.79. The third kappa shape index (κ3) is 2.98. The minimum Gasteiger partial charge on any atom is -0.479 e. The molecule has 5 heteroatoms. The first-order valence-corrected chi connectivity index (χ1v) is 8.80. The van der Waals surface area contributed by atoms with Gasteiger partial charge in [-0.25, -0.2) is 4.98 Å². The number of fused-ring (bicyclic) bond motifs is 1. The number of hydrogen-bond donors (Lipinski definition) is 0. The average molecular weight is 347 g/mol. The average Bonchev–Trinajstić information content (AvgIpc) is 3.02. The maximum Gasteiger partial charge on any atom is 0.243 e. The van der Waals surface area contributed by atoms with Gasteiger partial charge in [0.15, 0.2) is 5.65 Å². The van der Waals surface area contributed by atoms with E-state index in [1.807, 2.05) is 54.6 Å². The van der Waals surface area contributed by atoms with Crippen molar-refractivity contribution in [1.82, 2.24) is 14.6 Å². The van der Waals surface area contributed by atoms with Crippen LogP contribution in [0, 0.1) is 6.92 Å². The lowest BCUT2D eigenvalue weighted by molar-refractivity contribution is 0.387. The van der Waals surface area contributed by atoms with Crippen molar-refractivity contribution in [2.24, 2.45) is 0 Å². The molecule has 25 heavy (non-hydrogen) atoms. The number of hydrogen-bond acceptors (Lipinski definition) is 4. The van der Waals surface area contributed by atoms with Gasteiger partial charge in [0.05, 0.1) is 7.11 Å². The molecular formula is C20H17N3OS. The van der Waals surface area contributed by atoms with E-state index in [2.05, 4.69) is 24.0 Å². The van der Waals surface area contributed by atoms with E-state index in [4.69, 9.17) is 9.84 Å². The molecule has 4 nitrogen and oxygen atoms in total. The molecule has 2 aromatic carbocycles. The van der Waals surface area contributed by atoms with Crippen LogP contribution in [0.15, 0.2) is 76.7 Å². The van der Waals surface area contributed by atoms with Crippen molar-refractivity contribution in [2.45, 2.75) is 16.8 Å². The first-order valence-electron chi connectivity index (χ1n) is 7.99. The molecule has 0 spiro atoms. The molecule has 2 heterocycles. The fourth-order valence-corrected chi connectivity index (χ4v) is 3.56. The molecule has 0 radical (unpaired) electrons. The van der Waals surface area contributed by atoms with Gasteiger partial charge in [-0.05, 0) is 30.7 Å². The van der Waals surface area contributed by atoms with Gasteiger partial charge in [0.25, 0.3) is 0 Å². The van der Waals surface area contributed by atoms with E-state index in [-0.39, 0.29) is 0 Å². The Bertz CT molecular complexity index is 1030. The van der Waals surface area contributed by atoms with Crippen LogP contribution in [0.1, 0.15) is 5.56 Å². The second-order valence-electron chi connectivity index (χ2n) is 5.64. The summed E-state index contributed by atoms with van der Waals surface area (Å²) in [7, 11) is 1.65. The number of nitrogens with zero attached hydrogens (tertiary/aromatic N) is 3. The number of aromatic nitrogens is 3. The highest BCUT2D eigenvalue weighted by Crippen LogP contribution is 2.32. The zero-order chi connectivity index (χ0) is 17.2. The molecule has 0 atom stereocenters. The van der Waals surface area contributed by atoms with Crippen LogP contribution >= 0.6 is 11.8 Å². The van der Waals surface area contributed by atoms with E-state index in [0.717, 1.165) is 21.9 Å².